The number of alkyl halides is 3. The molecule has 27 heavy (non-hydrogen) atoms. The molecule has 0 aliphatic rings. The minimum absolute atomic E-state index is 0.00439. The Morgan fingerprint density at radius 2 is 1.85 bits per heavy atom. The normalized spacial score (nSPS) is 11.0. The summed E-state index contributed by atoms with van der Waals surface area (Å²) in [6.07, 6.45) is -4.77. The molecule has 0 saturated heterocycles. The van der Waals surface area contributed by atoms with E-state index in [4.69, 9.17) is 0 Å². The van der Waals surface area contributed by atoms with E-state index >= 15 is 0 Å². The van der Waals surface area contributed by atoms with Gasteiger partial charge < -0.3 is 10.1 Å². The highest BCUT2D eigenvalue weighted by Crippen LogP contribution is 2.27. The summed E-state index contributed by atoms with van der Waals surface area (Å²) >= 11 is 1.13. The molecular formula is C18H16F3N3O2S. The number of rotatable bonds is 5. The number of nitriles is 1. The van der Waals surface area contributed by atoms with E-state index in [2.05, 4.69) is 21.1 Å². The fourth-order valence-electron chi connectivity index (χ4n) is 2.22. The summed E-state index contributed by atoms with van der Waals surface area (Å²) in [7, 11) is 0. The standard InChI is InChI=1S/C18H16F3N3O2S/c1-10-11(2)15(8-22)17(23-12(10)3)27-9-16(25)24-13-4-6-14(7-5-13)26-18(19,20)21/h4-7H,9H2,1-3H3,(H,24,25). The number of halogens is 3. The predicted molar refractivity (Wildman–Crippen MR) is 95.6 cm³/mol. The summed E-state index contributed by atoms with van der Waals surface area (Å²) < 4.78 is 40.2. The highest BCUT2D eigenvalue weighted by atomic mass is 32.2. The van der Waals surface area contributed by atoms with Gasteiger partial charge in [-0.2, -0.15) is 5.26 Å². The van der Waals surface area contributed by atoms with Gasteiger partial charge in [-0.1, -0.05) is 11.8 Å². The molecule has 1 heterocycles. The number of anilines is 1. The Kier molecular flexibility index (Phi) is 6.33. The number of benzene rings is 1. The average Bonchev–Trinajstić information content (AvgIpc) is 2.58. The maximum Gasteiger partial charge on any atom is 0.573 e. The molecule has 0 fully saturated rings. The highest BCUT2D eigenvalue weighted by molar-refractivity contribution is 8.00. The van der Waals surface area contributed by atoms with Crippen LogP contribution in [0.1, 0.15) is 22.4 Å². The zero-order chi connectivity index (χ0) is 20.2. The Bertz CT molecular complexity index is 891. The smallest absolute Gasteiger partial charge is 0.406 e. The molecular weight excluding hydrogens is 379 g/mol. The van der Waals surface area contributed by atoms with Gasteiger partial charge >= 0.3 is 6.36 Å². The molecule has 1 aromatic carbocycles. The lowest BCUT2D eigenvalue weighted by atomic mass is 10.1. The van der Waals surface area contributed by atoms with Crippen LogP contribution in [0.3, 0.4) is 0 Å². The number of hydrogen-bond acceptors (Lipinski definition) is 5. The molecule has 0 spiro atoms. The lowest BCUT2D eigenvalue weighted by Gasteiger charge is -2.11. The molecule has 2 rings (SSSR count). The Hall–Kier alpha value is -2.73. The molecule has 1 aromatic heterocycles. The fraction of sp³-hybridized carbons (Fsp3) is 0.278. The maximum absolute atomic E-state index is 12.1. The summed E-state index contributed by atoms with van der Waals surface area (Å²) in [5, 5.41) is 12.4. The quantitative estimate of drug-likeness (QED) is 0.754. The van der Waals surface area contributed by atoms with Gasteiger partial charge in [0.1, 0.15) is 16.8 Å². The summed E-state index contributed by atoms with van der Waals surface area (Å²) in [4.78, 5) is 16.4. The van der Waals surface area contributed by atoms with Crippen LogP contribution in [0.2, 0.25) is 0 Å². The molecule has 0 radical (unpaired) electrons. The van der Waals surface area contributed by atoms with Gasteiger partial charge in [-0.15, -0.1) is 13.2 Å². The van der Waals surface area contributed by atoms with Crippen LogP contribution in [0.25, 0.3) is 0 Å². The lowest BCUT2D eigenvalue weighted by Crippen LogP contribution is -2.17. The zero-order valence-electron chi connectivity index (χ0n) is 14.8. The van der Waals surface area contributed by atoms with Gasteiger partial charge in [0, 0.05) is 11.4 Å². The van der Waals surface area contributed by atoms with Crippen molar-refractivity contribution in [3.8, 4) is 11.8 Å². The molecule has 1 N–H and O–H groups in total. The number of ether oxygens (including phenoxy) is 1. The molecule has 0 aliphatic heterocycles. The molecule has 0 aliphatic carbocycles. The second-order valence-corrected chi connectivity index (χ2v) is 6.61. The Morgan fingerprint density at radius 1 is 1.22 bits per heavy atom. The molecule has 1 amide bonds. The van der Waals surface area contributed by atoms with Gasteiger partial charge in [-0.25, -0.2) is 4.98 Å². The molecule has 0 atom stereocenters. The third-order valence-corrected chi connectivity index (χ3v) is 4.76. The number of carbonyl (C=O) groups excluding carboxylic acids is 1. The van der Waals surface area contributed by atoms with Gasteiger partial charge in [0.15, 0.2) is 0 Å². The number of nitrogens with zero attached hydrogens (tertiary/aromatic N) is 2. The van der Waals surface area contributed by atoms with Crippen LogP contribution in [0.15, 0.2) is 29.3 Å². The minimum atomic E-state index is -4.77. The largest absolute Gasteiger partial charge is 0.573 e. The van der Waals surface area contributed by atoms with Crippen LogP contribution in [0.4, 0.5) is 18.9 Å². The summed E-state index contributed by atoms with van der Waals surface area (Å²) in [5.74, 6) is -0.737. The van der Waals surface area contributed by atoms with E-state index in [1.54, 1.807) is 0 Å². The third-order valence-electron chi connectivity index (χ3n) is 3.79. The van der Waals surface area contributed by atoms with Crippen molar-refractivity contribution >= 4 is 23.4 Å². The first-order chi connectivity index (χ1) is 12.6. The zero-order valence-corrected chi connectivity index (χ0v) is 15.6. The first-order valence-corrected chi connectivity index (χ1v) is 8.75. The van der Waals surface area contributed by atoms with E-state index in [1.165, 1.54) is 12.1 Å². The maximum atomic E-state index is 12.1. The van der Waals surface area contributed by atoms with Gasteiger partial charge in [-0.05, 0) is 56.2 Å². The Labute approximate surface area is 158 Å². The molecule has 9 heteroatoms. The highest BCUT2D eigenvalue weighted by Gasteiger charge is 2.30. The van der Waals surface area contributed by atoms with E-state index < -0.39 is 6.36 Å². The topological polar surface area (TPSA) is 75.0 Å². The number of aromatic nitrogens is 1. The Morgan fingerprint density at radius 3 is 2.41 bits per heavy atom. The van der Waals surface area contributed by atoms with E-state index in [9.17, 15) is 23.2 Å². The van der Waals surface area contributed by atoms with E-state index in [1.807, 2.05) is 20.8 Å². The Balaban J connectivity index is 2.00. The van der Waals surface area contributed by atoms with Crippen molar-refractivity contribution in [2.45, 2.75) is 32.2 Å². The molecule has 0 bridgehead atoms. The van der Waals surface area contributed by atoms with E-state index in [-0.39, 0.29) is 17.4 Å². The van der Waals surface area contributed by atoms with Crippen molar-refractivity contribution < 1.29 is 22.7 Å². The monoisotopic (exact) mass is 395 g/mol. The summed E-state index contributed by atoms with van der Waals surface area (Å²) in [6.45, 7) is 5.54. The molecule has 5 nitrogen and oxygen atoms in total. The molecule has 0 saturated carbocycles. The van der Waals surface area contributed by atoms with Gasteiger partial charge in [0.25, 0.3) is 0 Å². The van der Waals surface area contributed by atoms with E-state index in [0.717, 1.165) is 40.7 Å². The predicted octanol–water partition coefficient (Wildman–Crippen LogP) is 4.51. The van der Waals surface area contributed by atoms with Gasteiger partial charge in [-0.3, -0.25) is 4.79 Å². The number of amides is 1. The van der Waals surface area contributed by atoms with Crippen molar-refractivity contribution in [1.29, 1.82) is 5.26 Å². The molecule has 2 aromatic rings. The van der Waals surface area contributed by atoms with Crippen LogP contribution in [-0.2, 0) is 4.79 Å². The third kappa shape index (κ3) is 5.62. The second kappa shape index (κ2) is 8.31. The van der Waals surface area contributed by atoms with Crippen molar-refractivity contribution in [2.24, 2.45) is 0 Å². The average molecular weight is 395 g/mol. The summed E-state index contributed by atoms with van der Waals surface area (Å²) in [5.41, 5.74) is 3.31. The van der Waals surface area contributed by atoms with Crippen LogP contribution in [0.5, 0.6) is 5.75 Å². The molecule has 142 valence electrons. The van der Waals surface area contributed by atoms with Crippen LogP contribution in [-0.4, -0.2) is 23.0 Å². The number of aryl methyl sites for hydroxylation is 1. The minimum Gasteiger partial charge on any atom is -0.406 e. The number of pyridine rings is 1. The first kappa shape index (κ1) is 20.6. The lowest BCUT2D eigenvalue weighted by molar-refractivity contribution is -0.274. The number of nitrogens with one attached hydrogen (secondary N) is 1. The van der Waals surface area contributed by atoms with Crippen molar-refractivity contribution in [1.82, 2.24) is 4.98 Å². The van der Waals surface area contributed by atoms with Crippen molar-refractivity contribution in [3.63, 3.8) is 0 Å². The number of hydrogen-bond donors (Lipinski definition) is 1. The number of carbonyl (C=O) groups is 1. The van der Waals surface area contributed by atoms with E-state index in [0.29, 0.717) is 16.3 Å². The van der Waals surface area contributed by atoms with Gasteiger partial charge in [0.05, 0.1) is 11.3 Å². The summed E-state index contributed by atoms with van der Waals surface area (Å²) in [6, 6.07) is 6.94. The number of thioether (sulfide) groups is 1. The van der Waals surface area contributed by atoms with Gasteiger partial charge in [0.2, 0.25) is 5.91 Å². The van der Waals surface area contributed by atoms with Crippen LogP contribution >= 0.6 is 11.8 Å². The van der Waals surface area contributed by atoms with Crippen LogP contribution in [0, 0.1) is 32.1 Å². The van der Waals surface area contributed by atoms with Crippen molar-refractivity contribution in [2.75, 3.05) is 11.1 Å². The van der Waals surface area contributed by atoms with Crippen molar-refractivity contribution in [3.05, 3.63) is 46.6 Å². The first-order valence-electron chi connectivity index (χ1n) is 7.77. The van der Waals surface area contributed by atoms with Crippen LogP contribution < -0.4 is 10.1 Å². The second-order valence-electron chi connectivity index (χ2n) is 5.65. The molecule has 0 unspecified atom stereocenters. The SMILES string of the molecule is Cc1nc(SCC(=O)Nc2ccc(OC(F)(F)F)cc2)c(C#N)c(C)c1C. The fourth-order valence-corrected chi connectivity index (χ4v) is 3.10.